The number of halogens is 2. The number of benzene rings is 1. The average molecular weight is 328 g/mol. The van der Waals surface area contributed by atoms with Crippen molar-refractivity contribution in [1.82, 2.24) is 10.2 Å². The number of rotatable bonds is 6. The normalized spacial score (nSPS) is 18.2. The van der Waals surface area contributed by atoms with Crippen molar-refractivity contribution in [3.05, 3.63) is 29.3 Å². The molecule has 1 fully saturated rings. The molecule has 1 aliphatic heterocycles. The first-order chi connectivity index (χ1) is 10.9. The summed E-state index contributed by atoms with van der Waals surface area (Å²) in [7, 11) is 1.49. The first-order valence-electron chi connectivity index (χ1n) is 8.02. The number of piperazine rings is 1. The Bertz CT molecular complexity index is 517. The fourth-order valence-electron chi connectivity index (χ4n) is 3.04. The van der Waals surface area contributed by atoms with Gasteiger partial charge in [0.25, 0.3) is 5.92 Å². The molecule has 2 rings (SSSR count). The van der Waals surface area contributed by atoms with Gasteiger partial charge in [-0.2, -0.15) is 0 Å². The van der Waals surface area contributed by atoms with Gasteiger partial charge in [0.1, 0.15) is 18.4 Å². The molecule has 1 aliphatic rings. The summed E-state index contributed by atoms with van der Waals surface area (Å²) in [4.78, 5) is 1.73. The topological polar surface area (TPSA) is 44.7 Å². The van der Waals surface area contributed by atoms with Crippen LogP contribution < -0.4 is 10.1 Å². The van der Waals surface area contributed by atoms with Crippen molar-refractivity contribution in [2.24, 2.45) is 0 Å². The molecule has 0 amide bonds. The van der Waals surface area contributed by atoms with Crippen molar-refractivity contribution >= 4 is 0 Å². The number of nitrogens with zero attached hydrogens (tertiary/aromatic N) is 1. The Balaban J connectivity index is 2.50. The SMILES string of the molecule is COc1ccc(C(C)C)cc1[C@H](N1CCNCC1)C(F)(F)CO. The number of hydrogen-bond acceptors (Lipinski definition) is 4. The van der Waals surface area contributed by atoms with E-state index in [1.165, 1.54) is 7.11 Å². The second-order valence-corrected chi connectivity index (χ2v) is 6.26. The second-order valence-electron chi connectivity index (χ2n) is 6.26. The smallest absolute Gasteiger partial charge is 0.290 e. The molecule has 6 heteroatoms. The maximum Gasteiger partial charge on any atom is 0.290 e. The zero-order valence-corrected chi connectivity index (χ0v) is 14.0. The molecule has 130 valence electrons. The highest BCUT2D eigenvalue weighted by Crippen LogP contribution is 2.41. The first-order valence-corrected chi connectivity index (χ1v) is 8.02. The zero-order valence-electron chi connectivity index (χ0n) is 14.0. The first kappa shape index (κ1) is 18.1. The van der Waals surface area contributed by atoms with Crippen LogP contribution in [0.4, 0.5) is 8.78 Å². The van der Waals surface area contributed by atoms with Crippen LogP contribution >= 0.6 is 0 Å². The van der Waals surface area contributed by atoms with Crippen LogP contribution in [0, 0.1) is 0 Å². The van der Waals surface area contributed by atoms with Crippen molar-refractivity contribution in [2.45, 2.75) is 31.7 Å². The summed E-state index contributed by atoms with van der Waals surface area (Å²) in [6, 6.07) is 4.25. The molecule has 0 radical (unpaired) electrons. The van der Waals surface area contributed by atoms with Gasteiger partial charge in [0.2, 0.25) is 0 Å². The second kappa shape index (κ2) is 7.55. The van der Waals surface area contributed by atoms with Gasteiger partial charge < -0.3 is 15.2 Å². The quantitative estimate of drug-likeness (QED) is 0.842. The Kier molecular flexibility index (Phi) is 5.95. The van der Waals surface area contributed by atoms with Crippen LogP contribution in [0.1, 0.15) is 36.9 Å². The summed E-state index contributed by atoms with van der Waals surface area (Å²) < 4.78 is 34.5. The van der Waals surface area contributed by atoms with E-state index in [0.29, 0.717) is 37.5 Å². The fraction of sp³-hybridized carbons (Fsp3) is 0.647. The predicted molar refractivity (Wildman–Crippen MR) is 86.3 cm³/mol. The van der Waals surface area contributed by atoms with Gasteiger partial charge in [0.05, 0.1) is 7.11 Å². The largest absolute Gasteiger partial charge is 0.496 e. The van der Waals surface area contributed by atoms with Crippen LogP contribution in [0.5, 0.6) is 5.75 Å². The number of ether oxygens (including phenoxy) is 1. The number of aliphatic hydroxyl groups is 1. The molecule has 0 bridgehead atoms. The van der Waals surface area contributed by atoms with Crippen molar-refractivity contribution in [3.8, 4) is 5.75 Å². The molecular formula is C17H26F2N2O2. The molecule has 1 heterocycles. The Morgan fingerprint density at radius 3 is 2.48 bits per heavy atom. The number of methoxy groups -OCH3 is 1. The van der Waals surface area contributed by atoms with E-state index in [2.05, 4.69) is 5.32 Å². The minimum absolute atomic E-state index is 0.228. The minimum Gasteiger partial charge on any atom is -0.496 e. The predicted octanol–water partition coefficient (Wildman–Crippen LogP) is 2.39. The summed E-state index contributed by atoms with van der Waals surface area (Å²) in [5.41, 5.74) is 1.43. The number of hydrogen-bond donors (Lipinski definition) is 2. The highest BCUT2D eigenvalue weighted by atomic mass is 19.3. The number of nitrogens with one attached hydrogen (secondary N) is 1. The molecule has 1 aromatic rings. The summed E-state index contributed by atoms with van der Waals surface area (Å²) in [6.07, 6.45) is 0. The third-order valence-corrected chi connectivity index (χ3v) is 4.34. The minimum atomic E-state index is -3.24. The van der Waals surface area contributed by atoms with E-state index in [-0.39, 0.29) is 5.92 Å². The maximum absolute atomic E-state index is 14.6. The lowest BCUT2D eigenvalue weighted by atomic mass is 9.92. The van der Waals surface area contributed by atoms with Gasteiger partial charge in [-0.05, 0) is 17.5 Å². The Labute approximate surface area is 136 Å². The van der Waals surface area contributed by atoms with Crippen LogP contribution in [-0.2, 0) is 0 Å². The van der Waals surface area contributed by atoms with Crippen molar-refractivity contribution < 1.29 is 18.6 Å². The molecule has 23 heavy (non-hydrogen) atoms. The standard InChI is InChI=1S/C17H26F2N2O2/c1-12(2)13-4-5-15(23-3)14(10-13)16(17(18,19)11-22)21-8-6-20-7-9-21/h4-5,10,12,16,20,22H,6-9,11H2,1-3H3/t16-/m0/s1. The van der Waals surface area contributed by atoms with E-state index in [4.69, 9.17) is 4.74 Å². The Morgan fingerprint density at radius 1 is 1.30 bits per heavy atom. The van der Waals surface area contributed by atoms with Gasteiger partial charge in [0.15, 0.2) is 0 Å². The van der Waals surface area contributed by atoms with Crippen molar-refractivity contribution in [1.29, 1.82) is 0 Å². The molecule has 1 aromatic carbocycles. The van der Waals surface area contributed by atoms with E-state index in [9.17, 15) is 13.9 Å². The Morgan fingerprint density at radius 2 is 1.96 bits per heavy atom. The van der Waals surface area contributed by atoms with Gasteiger partial charge >= 0.3 is 0 Å². The molecule has 0 spiro atoms. The van der Waals surface area contributed by atoms with Gasteiger partial charge in [-0.15, -0.1) is 0 Å². The summed E-state index contributed by atoms with van der Waals surface area (Å²) >= 11 is 0. The van der Waals surface area contributed by atoms with Crippen molar-refractivity contribution in [2.75, 3.05) is 39.9 Å². The third kappa shape index (κ3) is 4.00. The van der Waals surface area contributed by atoms with E-state index in [1.54, 1.807) is 17.0 Å². The lowest BCUT2D eigenvalue weighted by Gasteiger charge is -2.39. The van der Waals surface area contributed by atoms with Crippen LogP contribution in [-0.4, -0.2) is 55.8 Å². The molecule has 1 atom stereocenters. The van der Waals surface area contributed by atoms with E-state index >= 15 is 0 Å². The van der Waals surface area contributed by atoms with Crippen LogP contribution in [0.25, 0.3) is 0 Å². The lowest BCUT2D eigenvalue weighted by molar-refractivity contribution is -0.119. The molecular weight excluding hydrogens is 302 g/mol. The summed E-state index contributed by atoms with van der Waals surface area (Å²) in [6.45, 7) is 5.20. The van der Waals surface area contributed by atoms with E-state index < -0.39 is 18.6 Å². The number of alkyl halides is 2. The van der Waals surface area contributed by atoms with Crippen LogP contribution in [0.15, 0.2) is 18.2 Å². The van der Waals surface area contributed by atoms with Gasteiger partial charge in [-0.3, -0.25) is 4.90 Å². The summed E-state index contributed by atoms with van der Waals surface area (Å²) in [5, 5.41) is 12.4. The van der Waals surface area contributed by atoms with E-state index in [1.807, 2.05) is 19.9 Å². The molecule has 0 aliphatic carbocycles. The molecule has 2 N–H and O–H groups in total. The van der Waals surface area contributed by atoms with Gasteiger partial charge in [-0.1, -0.05) is 26.0 Å². The number of aliphatic hydroxyl groups excluding tert-OH is 1. The van der Waals surface area contributed by atoms with Crippen LogP contribution in [0.3, 0.4) is 0 Å². The molecule has 1 saturated heterocycles. The van der Waals surface area contributed by atoms with E-state index in [0.717, 1.165) is 5.56 Å². The Hall–Kier alpha value is -1.24. The average Bonchev–Trinajstić information content (AvgIpc) is 2.55. The van der Waals surface area contributed by atoms with Gasteiger partial charge in [0, 0.05) is 31.7 Å². The molecule has 0 unspecified atom stereocenters. The highest BCUT2D eigenvalue weighted by Gasteiger charge is 2.45. The zero-order chi connectivity index (χ0) is 17.0. The third-order valence-electron chi connectivity index (χ3n) is 4.34. The van der Waals surface area contributed by atoms with Crippen LogP contribution in [0.2, 0.25) is 0 Å². The molecule has 0 saturated carbocycles. The molecule has 4 nitrogen and oxygen atoms in total. The monoisotopic (exact) mass is 328 g/mol. The highest BCUT2D eigenvalue weighted by molar-refractivity contribution is 5.41. The summed E-state index contributed by atoms with van der Waals surface area (Å²) in [5.74, 6) is -2.57. The van der Waals surface area contributed by atoms with Crippen molar-refractivity contribution in [3.63, 3.8) is 0 Å². The lowest BCUT2D eigenvalue weighted by Crippen LogP contribution is -2.51. The fourth-order valence-corrected chi connectivity index (χ4v) is 3.04. The molecule has 0 aromatic heterocycles. The van der Waals surface area contributed by atoms with Gasteiger partial charge in [-0.25, -0.2) is 8.78 Å². The maximum atomic E-state index is 14.6.